The zero-order chi connectivity index (χ0) is 15.4. The number of rotatable bonds is 5. The van der Waals surface area contributed by atoms with Crippen LogP contribution in [0.2, 0.25) is 5.02 Å². The number of thioether (sulfide) groups is 1. The predicted molar refractivity (Wildman–Crippen MR) is 89.4 cm³/mol. The normalized spacial score (nSPS) is 12.2. The van der Waals surface area contributed by atoms with Crippen molar-refractivity contribution in [3.05, 3.63) is 51.4 Å². The summed E-state index contributed by atoms with van der Waals surface area (Å²) in [7, 11) is 1.57. The van der Waals surface area contributed by atoms with E-state index in [4.69, 9.17) is 11.6 Å². The van der Waals surface area contributed by atoms with Crippen LogP contribution in [0, 0.1) is 0 Å². The maximum atomic E-state index is 11.7. The van der Waals surface area contributed by atoms with Gasteiger partial charge in [-0.2, -0.15) is 5.10 Å². The number of benzene rings is 1. The summed E-state index contributed by atoms with van der Waals surface area (Å²) in [5, 5.41) is 7.37. The molecular weight excluding hydrogens is 306 g/mol. The Balaban J connectivity index is 2.16. The monoisotopic (exact) mass is 323 g/mol. The summed E-state index contributed by atoms with van der Waals surface area (Å²) in [4.78, 5) is 13.0. The van der Waals surface area contributed by atoms with Crippen LogP contribution in [0.15, 0.2) is 40.2 Å². The van der Waals surface area contributed by atoms with Crippen LogP contribution in [0.25, 0.3) is 0 Å². The SMILES string of the molecule is CCSc1ccc(C(C)Nc2cnn(C)c(=O)c2Cl)cc1. The molecule has 0 aliphatic carbocycles. The van der Waals surface area contributed by atoms with Crippen LogP contribution in [0.4, 0.5) is 5.69 Å². The van der Waals surface area contributed by atoms with Gasteiger partial charge in [-0.15, -0.1) is 11.8 Å². The van der Waals surface area contributed by atoms with Gasteiger partial charge in [0.15, 0.2) is 0 Å². The molecule has 0 bridgehead atoms. The lowest BCUT2D eigenvalue weighted by Gasteiger charge is -2.16. The molecule has 0 aliphatic heterocycles. The third kappa shape index (κ3) is 3.80. The second-order valence-corrected chi connectivity index (χ2v) is 6.38. The maximum absolute atomic E-state index is 11.7. The highest BCUT2D eigenvalue weighted by Crippen LogP contribution is 2.25. The summed E-state index contributed by atoms with van der Waals surface area (Å²) < 4.78 is 1.22. The van der Waals surface area contributed by atoms with Crippen molar-refractivity contribution in [2.45, 2.75) is 24.8 Å². The largest absolute Gasteiger partial charge is 0.376 e. The van der Waals surface area contributed by atoms with Crippen LogP contribution in [-0.4, -0.2) is 15.5 Å². The summed E-state index contributed by atoms with van der Waals surface area (Å²) >= 11 is 7.87. The Morgan fingerprint density at radius 3 is 2.67 bits per heavy atom. The molecule has 0 fully saturated rings. The Kier molecular flexibility index (Phi) is 5.31. The van der Waals surface area contributed by atoms with Crippen LogP contribution >= 0.6 is 23.4 Å². The van der Waals surface area contributed by atoms with Crippen molar-refractivity contribution >= 4 is 29.1 Å². The van der Waals surface area contributed by atoms with E-state index in [1.165, 1.54) is 9.58 Å². The van der Waals surface area contributed by atoms with Crippen LogP contribution < -0.4 is 10.9 Å². The fourth-order valence-corrected chi connectivity index (χ4v) is 2.83. The molecular formula is C15H18ClN3OS. The maximum Gasteiger partial charge on any atom is 0.287 e. The van der Waals surface area contributed by atoms with Gasteiger partial charge < -0.3 is 5.32 Å². The first-order chi connectivity index (χ1) is 10.0. The molecule has 0 amide bonds. The van der Waals surface area contributed by atoms with E-state index >= 15 is 0 Å². The van der Waals surface area contributed by atoms with Gasteiger partial charge in [-0.1, -0.05) is 30.7 Å². The minimum absolute atomic E-state index is 0.0390. The average molecular weight is 324 g/mol. The molecule has 6 heteroatoms. The van der Waals surface area contributed by atoms with Crippen LogP contribution in [0.1, 0.15) is 25.5 Å². The summed E-state index contributed by atoms with van der Waals surface area (Å²) in [5.41, 5.74) is 1.38. The topological polar surface area (TPSA) is 46.9 Å². The van der Waals surface area contributed by atoms with Gasteiger partial charge >= 0.3 is 0 Å². The second-order valence-electron chi connectivity index (χ2n) is 4.67. The molecule has 112 valence electrons. The van der Waals surface area contributed by atoms with Gasteiger partial charge in [0.1, 0.15) is 5.02 Å². The van der Waals surface area contributed by atoms with Gasteiger partial charge in [0.05, 0.1) is 11.9 Å². The quantitative estimate of drug-likeness (QED) is 0.852. The highest BCUT2D eigenvalue weighted by Gasteiger charge is 2.11. The number of anilines is 1. The van der Waals surface area contributed by atoms with E-state index < -0.39 is 0 Å². The lowest BCUT2D eigenvalue weighted by Crippen LogP contribution is -2.21. The number of aryl methyl sites for hydroxylation is 1. The van der Waals surface area contributed by atoms with Crippen LogP contribution in [-0.2, 0) is 7.05 Å². The Hall–Kier alpha value is -1.46. The molecule has 0 spiro atoms. The molecule has 1 aromatic carbocycles. The molecule has 1 unspecified atom stereocenters. The lowest BCUT2D eigenvalue weighted by atomic mass is 10.1. The first-order valence-corrected chi connectivity index (χ1v) is 8.10. The molecule has 1 heterocycles. The summed E-state index contributed by atoms with van der Waals surface area (Å²) in [6.45, 7) is 4.16. The first-order valence-electron chi connectivity index (χ1n) is 6.74. The van der Waals surface area contributed by atoms with Gasteiger partial charge in [0.25, 0.3) is 5.56 Å². The van der Waals surface area contributed by atoms with E-state index in [2.05, 4.69) is 41.6 Å². The number of hydrogen-bond donors (Lipinski definition) is 1. The van der Waals surface area contributed by atoms with Crippen LogP contribution in [0.3, 0.4) is 0 Å². The van der Waals surface area contributed by atoms with Crippen molar-refractivity contribution in [2.24, 2.45) is 7.05 Å². The molecule has 2 aromatic rings. The number of halogens is 1. The van der Waals surface area contributed by atoms with E-state index in [0.717, 1.165) is 11.3 Å². The highest BCUT2D eigenvalue weighted by atomic mass is 35.5. The third-order valence-electron chi connectivity index (χ3n) is 3.14. The van der Waals surface area contributed by atoms with Crippen molar-refractivity contribution in [1.29, 1.82) is 0 Å². The standard InChI is InChI=1S/C15H18ClN3OS/c1-4-21-12-7-5-11(6-8-12)10(2)18-13-9-17-19(3)15(20)14(13)16/h5-10,18H,4H2,1-3H3. The molecule has 0 aliphatic rings. The minimum atomic E-state index is -0.302. The third-order valence-corrected chi connectivity index (χ3v) is 4.40. The fourth-order valence-electron chi connectivity index (χ4n) is 1.95. The Labute approximate surface area is 133 Å². The van der Waals surface area contributed by atoms with E-state index in [1.54, 1.807) is 13.2 Å². The van der Waals surface area contributed by atoms with Crippen molar-refractivity contribution in [3.8, 4) is 0 Å². The summed E-state index contributed by atoms with van der Waals surface area (Å²) in [6.07, 6.45) is 1.57. The van der Waals surface area contributed by atoms with E-state index in [0.29, 0.717) is 5.69 Å². The van der Waals surface area contributed by atoms with Gasteiger partial charge in [-0.25, -0.2) is 4.68 Å². The summed E-state index contributed by atoms with van der Waals surface area (Å²) in [5.74, 6) is 1.06. The average Bonchev–Trinajstić information content (AvgIpc) is 2.49. The molecule has 0 saturated heterocycles. The molecule has 1 N–H and O–H groups in total. The molecule has 21 heavy (non-hydrogen) atoms. The van der Waals surface area contributed by atoms with Gasteiger partial charge in [-0.3, -0.25) is 4.79 Å². The van der Waals surface area contributed by atoms with Gasteiger partial charge in [-0.05, 0) is 30.4 Å². The lowest BCUT2D eigenvalue weighted by molar-refractivity contribution is 0.706. The fraction of sp³-hybridized carbons (Fsp3) is 0.333. The van der Waals surface area contributed by atoms with E-state index in [9.17, 15) is 4.79 Å². The molecule has 0 radical (unpaired) electrons. The first kappa shape index (κ1) is 15.9. The van der Waals surface area contributed by atoms with E-state index in [1.807, 2.05) is 18.7 Å². The number of nitrogens with one attached hydrogen (secondary N) is 1. The zero-order valence-electron chi connectivity index (χ0n) is 12.3. The molecule has 0 saturated carbocycles. The smallest absolute Gasteiger partial charge is 0.287 e. The van der Waals surface area contributed by atoms with Crippen molar-refractivity contribution in [3.63, 3.8) is 0 Å². The van der Waals surface area contributed by atoms with Crippen molar-refractivity contribution in [1.82, 2.24) is 9.78 Å². The summed E-state index contributed by atoms with van der Waals surface area (Å²) in [6, 6.07) is 8.41. The Morgan fingerprint density at radius 1 is 1.38 bits per heavy atom. The molecule has 2 rings (SSSR count). The second kappa shape index (κ2) is 7.00. The predicted octanol–water partition coefficient (Wildman–Crippen LogP) is 3.72. The van der Waals surface area contributed by atoms with Crippen molar-refractivity contribution in [2.75, 3.05) is 11.1 Å². The Morgan fingerprint density at radius 2 is 2.05 bits per heavy atom. The molecule has 1 aromatic heterocycles. The number of hydrogen-bond acceptors (Lipinski definition) is 4. The van der Waals surface area contributed by atoms with Gasteiger partial charge in [0, 0.05) is 18.0 Å². The van der Waals surface area contributed by atoms with Crippen molar-refractivity contribution < 1.29 is 0 Å². The number of aromatic nitrogens is 2. The molecule has 4 nitrogen and oxygen atoms in total. The molecule has 1 atom stereocenters. The van der Waals surface area contributed by atoms with Gasteiger partial charge in [0.2, 0.25) is 0 Å². The minimum Gasteiger partial charge on any atom is -0.376 e. The highest BCUT2D eigenvalue weighted by molar-refractivity contribution is 7.99. The zero-order valence-corrected chi connectivity index (χ0v) is 13.8. The Bertz CT molecular complexity index is 670. The van der Waals surface area contributed by atoms with E-state index in [-0.39, 0.29) is 16.6 Å². The van der Waals surface area contributed by atoms with Crippen LogP contribution in [0.5, 0.6) is 0 Å². The number of nitrogens with zero attached hydrogens (tertiary/aromatic N) is 2.